The number of nitrogens with zero attached hydrogens (tertiary/aromatic N) is 4. The van der Waals surface area contributed by atoms with Crippen LogP contribution in [-0.2, 0) is 6.54 Å². The second-order valence-corrected chi connectivity index (χ2v) is 8.90. The van der Waals surface area contributed by atoms with Gasteiger partial charge in [-0.2, -0.15) is 5.10 Å². The molecule has 0 spiro atoms. The van der Waals surface area contributed by atoms with Crippen LogP contribution in [0.1, 0.15) is 31.1 Å². The molecule has 0 saturated heterocycles. The predicted molar refractivity (Wildman–Crippen MR) is 126 cm³/mol. The Labute approximate surface area is 185 Å². The number of nitrogens with one attached hydrogen (secondary N) is 3. The van der Waals surface area contributed by atoms with Gasteiger partial charge in [-0.3, -0.25) is 4.79 Å². The van der Waals surface area contributed by atoms with E-state index in [-0.39, 0.29) is 5.91 Å². The third-order valence-electron chi connectivity index (χ3n) is 4.87. The largest absolute Gasteiger partial charge is 0.369 e. The van der Waals surface area contributed by atoms with Gasteiger partial charge in [0.05, 0.1) is 23.7 Å². The lowest BCUT2D eigenvalue weighted by Gasteiger charge is -2.11. The Kier molecular flexibility index (Phi) is 6.41. The highest BCUT2D eigenvalue weighted by Crippen LogP contribution is 2.24. The van der Waals surface area contributed by atoms with Crippen LogP contribution in [0, 0.1) is 5.92 Å². The van der Waals surface area contributed by atoms with Gasteiger partial charge in [0, 0.05) is 30.2 Å². The fourth-order valence-electron chi connectivity index (χ4n) is 3.36. The molecule has 162 valence electrons. The number of thioether (sulfide) groups is 1. The smallest absolute Gasteiger partial charge is 0.253 e. The van der Waals surface area contributed by atoms with Crippen LogP contribution in [-0.4, -0.2) is 49.5 Å². The molecule has 0 saturated carbocycles. The van der Waals surface area contributed by atoms with E-state index in [1.165, 1.54) is 0 Å². The molecule has 0 aliphatic carbocycles. The van der Waals surface area contributed by atoms with E-state index in [0.29, 0.717) is 24.6 Å². The molecule has 0 radical (unpaired) electrons. The summed E-state index contributed by atoms with van der Waals surface area (Å²) in [6, 6.07) is 7.77. The molecule has 4 rings (SSSR count). The van der Waals surface area contributed by atoms with Crippen LogP contribution < -0.4 is 10.6 Å². The average Bonchev–Trinajstić information content (AvgIpc) is 3.37. The quantitative estimate of drug-likeness (QED) is 0.271. The minimum atomic E-state index is -0.106. The van der Waals surface area contributed by atoms with Gasteiger partial charge in [0.1, 0.15) is 5.82 Å². The normalized spacial score (nSPS) is 11.5. The lowest BCUT2D eigenvalue weighted by Crippen LogP contribution is -2.27. The number of amides is 1. The third kappa shape index (κ3) is 4.66. The van der Waals surface area contributed by atoms with Crippen molar-refractivity contribution < 1.29 is 4.79 Å². The SMILES string of the molecule is CCSc1nc(NCC(C)C)c2cnn(CCNC(=O)c3c[nH]c4ccccc34)c2n1. The number of carbonyl (C=O) groups is 1. The number of aromatic amines is 1. The van der Waals surface area contributed by atoms with Gasteiger partial charge in [0.15, 0.2) is 10.8 Å². The summed E-state index contributed by atoms with van der Waals surface area (Å²) in [5, 5.41) is 13.4. The van der Waals surface area contributed by atoms with Gasteiger partial charge in [-0.25, -0.2) is 14.6 Å². The van der Waals surface area contributed by atoms with Crippen LogP contribution in [0.5, 0.6) is 0 Å². The summed E-state index contributed by atoms with van der Waals surface area (Å²) < 4.78 is 1.83. The van der Waals surface area contributed by atoms with Gasteiger partial charge < -0.3 is 15.6 Å². The fourth-order valence-corrected chi connectivity index (χ4v) is 3.92. The summed E-state index contributed by atoms with van der Waals surface area (Å²) in [6.45, 7) is 8.20. The maximum atomic E-state index is 12.7. The van der Waals surface area contributed by atoms with Crippen LogP contribution in [0.2, 0.25) is 0 Å². The molecule has 0 bridgehead atoms. The van der Waals surface area contributed by atoms with Crippen molar-refractivity contribution in [1.82, 2.24) is 30.0 Å². The second-order valence-electron chi connectivity index (χ2n) is 7.67. The summed E-state index contributed by atoms with van der Waals surface area (Å²) >= 11 is 1.60. The van der Waals surface area contributed by atoms with Crippen LogP contribution in [0.4, 0.5) is 5.82 Å². The summed E-state index contributed by atoms with van der Waals surface area (Å²) in [5.74, 6) is 2.10. The van der Waals surface area contributed by atoms with E-state index in [1.54, 1.807) is 24.2 Å². The molecule has 31 heavy (non-hydrogen) atoms. The number of H-pyrrole nitrogens is 1. The number of fused-ring (bicyclic) bond motifs is 2. The highest BCUT2D eigenvalue weighted by molar-refractivity contribution is 7.99. The Morgan fingerprint density at radius 1 is 1.23 bits per heavy atom. The molecule has 0 aliphatic rings. The molecule has 3 N–H and O–H groups in total. The third-order valence-corrected chi connectivity index (χ3v) is 5.60. The zero-order valence-electron chi connectivity index (χ0n) is 18.0. The second kappa shape index (κ2) is 9.38. The molecule has 0 aliphatic heterocycles. The highest BCUT2D eigenvalue weighted by Gasteiger charge is 2.15. The number of carbonyl (C=O) groups excluding carboxylic acids is 1. The number of para-hydroxylation sites is 1. The Morgan fingerprint density at radius 3 is 2.87 bits per heavy atom. The minimum Gasteiger partial charge on any atom is -0.369 e. The number of benzene rings is 1. The van der Waals surface area contributed by atoms with Crippen LogP contribution in [0.15, 0.2) is 41.8 Å². The topological polar surface area (TPSA) is 101 Å². The maximum absolute atomic E-state index is 12.7. The van der Waals surface area contributed by atoms with Crippen molar-refractivity contribution in [3.05, 3.63) is 42.2 Å². The first-order valence-corrected chi connectivity index (χ1v) is 11.5. The summed E-state index contributed by atoms with van der Waals surface area (Å²) in [7, 11) is 0. The molecule has 1 amide bonds. The summed E-state index contributed by atoms with van der Waals surface area (Å²) in [6.07, 6.45) is 3.54. The standard InChI is InChI=1S/C22H27N7OS/c1-4-31-22-27-19(25-11-14(2)3)17-13-26-29(20(17)28-22)10-9-23-21(30)16-12-24-18-8-6-5-7-15(16)18/h5-8,12-14,24H,4,9-11H2,1-3H3,(H,23,30)(H,25,27,28). The number of rotatable bonds is 9. The molecule has 0 fully saturated rings. The van der Waals surface area contributed by atoms with Crippen molar-refractivity contribution >= 4 is 45.4 Å². The van der Waals surface area contributed by atoms with Gasteiger partial charge in [-0.15, -0.1) is 0 Å². The van der Waals surface area contributed by atoms with Crippen molar-refractivity contribution in [1.29, 1.82) is 0 Å². The number of hydrogen-bond acceptors (Lipinski definition) is 6. The predicted octanol–water partition coefficient (Wildman–Crippen LogP) is 3.92. The number of aromatic nitrogens is 5. The van der Waals surface area contributed by atoms with Crippen molar-refractivity contribution in [2.24, 2.45) is 5.92 Å². The first-order chi connectivity index (χ1) is 15.1. The first kappa shape index (κ1) is 21.2. The molecule has 3 aromatic heterocycles. The molecule has 0 unspecified atom stereocenters. The van der Waals surface area contributed by atoms with E-state index in [9.17, 15) is 4.79 Å². The molecule has 0 atom stereocenters. The first-order valence-electron chi connectivity index (χ1n) is 10.5. The van der Waals surface area contributed by atoms with Crippen molar-refractivity contribution in [3.63, 3.8) is 0 Å². The maximum Gasteiger partial charge on any atom is 0.253 e. The van der Waals surface area contributed by atoms with Crippen molar-refractivity contribution in [2.75, 3.05) is 24.2 Å². The van der Waals surface area contributed by atoms with E-state index in [2.05, 4.69) is 46.5 Å². The number of hydrogen-bond donors (Lipinski definition) is 3. The molecular weight excluding hydrogens is 410 g/mol. The van der Waals surface area contributed by atoms with Gasteiger partial charge in [-0.05, 0) is 17.7 Å². The zero-order chi connectivity index (χ0) is 21.8. The van der Waals surface area contributed by atoms with Crippen molar-refractivity contribution in [2.45, 2.75) is 32.5 Å². The Bertz CT molecular complexity index is 1200. The van der Waals surface area contributed by atoms with E-state index >= 15 is 0 Å². The Hall–Kier alpha value is -3.07. The summed E-state index contributed by atoms with van der Waals surface area (Å²) in [5.41, 5.74) is 2.37. The van der Waals surface area contributed by atoms with Crippen LogP contribution in [0.3, 0.4) is 0 Å². The molecular formula is C22H27N7OS. The van der Waals surface area contributed by atoms with Gasteiger partial charge in [0.2, 0.25) is 0 Å². The van der Waals surface area contributed by atoms with Gasteiger partial charge in [0.25, 0.3) is 5.91 Å². The molecule has 8 nitrogen and oxygen atoms in total. The Balaban J connectivity index is 1.49. The zero-order valence-corrected chi connectivity index (χ0v) is 18.8. The van der Waals surface area contributed by atoms with Crippen LogP contribution in [0.25, 0.3) is 21.9 Å². The summed E-state index contributed by atoms with van der Waals surface area (Å²) in [4.78, 5) is 25.1. The lowest BCUT2D eigenvalue weighted by atomic mass is 10.1. The van der Waals surface area contributed by atoms with E-state index in [4.69, 9.17) is 4.98 Å². The lowest BCUT2D eigenvalue weighted by molar-refractivity contribution is 0.0953. The average molecular weight is 438 g/mol. The molecule has 3 heterocycles. The van der Waals surface area contributed by atoms with E-state index in [0.717, 1.165) is 45.2 Å². The number of anilines is 1. The van der Waals surface area contributed by atoms with Crippen molar-refractivity contribution in [3.8, 4) is 0 Å². The van der Waals surface area contributed by atoms with Gasteiger partial charge in [-0.1, -0.05) is 50.7 Å². The fraction of sp³-hybridized carbons (Fsp3) is 0.364. The monoisotopic (exact) mass is 437 g/mol. The van der Waals surface area contributed by atoms with E-state index in [1.807, 2.05) is 28.9 Å². The molecule has 1 aromatic carbocycles. The minimum absolute atomic E-state index is 0.106. The molecule has 4 aromatic rings. The van der Waals surface area contributed by atoms with Gasteiger partial charge >= 0.3 is 0 Å². The van der Waals surface area contributed by atoms with Crippen LogP contribution >= 0.6 is 11.8 Å². The highest BCUT2D eigenvalue weighted by atomic mass is 32.2. The van der Waals surface area contributed by atoms with E-state index < -0.39 is 0 Å². The Morgan fingerprint density at radius 2 is 2.06 bits per heavy atom. The molecule has 9 heteroatoms.